The summed E-state index contributed by atoms with van der Waals surface area (Å²) in [6.45, 7) is 8.23. The molecule has 1 heterocycles. The number of aromatic nitrogens is 2. The molecule has 0 aliphatic carbocycles. The Morgan fingerprint density at radius 1 is 1.41 bits per heavy atom. The van der Waals surface area contributed by atoms with Crippen molar-refractivity contribution in [2.45, 2.75) is 40.2 Å². The van der Waals surface area contributed by atoms with Crippen molar-refractivity contribution < 1.29 is 4.79 Å². The van der Waals surface area contributed by atoms with Crippen LogP contribution in [0.3, 0.4) is 0 Å². The molecule has 5 heteroatoms. The third kappa shape index (κ3) is 4.01. The van der Waals surface area contributed by atoms with Gasteiger partial charge < -0.3 is 10.6 Å². The van der Waals surface area contributed by atoms with E-state index in [4.69, 9.17) is 0 Å². The highest BCUT2D eigenvalue weighted by Crippen LogP contribution is 2.08. The molecular weight excluding hydrogens is 216 g/mol. The van der Waals surface area contributed by atoms with Crippen LogP contribution in [-0.4, -0.2) is 28.5 Å². The van der Waals surface area contributed by atoms with Crippen molar-refractivity contribution in [2.24, 2.45) is 0 Å². The fourth-order valence-electron chi connectivity index (χ4n) is 1.50. The van der Waals surface area contributed by atoms with Gasteiger partial charge in [-0.25, -0.2) is 9.97 Å². The second-order valence-electron chi connectivity index (χ2n) is 3.91. The summed E-state index contributed by atoms with van der Waals surface area (Å²) in [4.78, 5) is 20.1. The maximum atomic E-state index is 11.6. The van der Waals surface area contributed by atoms with Gasteiger partial charge in [-0.2, -0.15) is 0 Å². The largest absolute Gasteiger partial charge is 0.359 e. The lowest BCUT2D eigenvalue weighted by molar-refractivity contribution is -0.121. The molecule has 1 atom stereocenters. The molecule has 17 heavy (non-hydrogen) atoms. The molecule has 1 unspecified atom stereocenters. The lowest BCUT2D eigenvalue weighted by Crippen LogP contribution is -2.37. The van der Waals surface area contributed by atoms with Gasteiger partial charge in [0.1, 0.15) is 17.7 Å². The smallest absolute Gasteiger partial charge is 0.242 e. The van der Waals surface area contributed by atoms with E-state index in [9.17, 15) is 4.79 Å². The fourth-order valence-corrected chi connectivity index (χ4v) is 1.50. The van der Waals surface area contributed by atoms with E-state index in [2.05, 4.69) is 20.6 Å². The molecule has 0 spiro atoms. The van der Waals surface area contributed by atoms with Gasteiger partial charge in [0.05, 0.1) is 0 Å². The van der Waals surface area contributed by atoms with Gasteiger partial charge in [0.2, 0.25) is 5.91 Å². The highest BCUT2D eigenvalue weighted by Gasteiger charge is 2.12. The van der Waals surface area contributed by atoms with Crippen LogP contribution in [0.4, 0.5) is 5.82 Å². The molecule has 2 N–H and O–H groups in total. The predicted octanol–water partition coefficient (Wildman–Crippen LogP) is 1.28. The van der Waals surface area contributed by atoms with Gasteiger partial charge in [-0.3, -0.25) is 4.79 Å². The zero-order chi connectivity index (χ0) is 12.8. The minimum atomic E-state index is -0.297. The van der Waals surface area contributed by atoms with Crippen molar-refractivity contribution in [3.8, 4) is 0 Å². The average molecular weight is 236 g/mol. The summed E-state index contributed by atoms with van der Waals surface area (Å²) in [5.74, 6) is 1.39. The van der Waals surface area contributed by atoms with Gasteiger partial charge in [0, 0.05) is 18.3 Å². The number of hydrogen-bond donors (Lipinski definition) is 2. The highest BCUT2D eigenvalue weighted by atomic mass is 16.2. The number of hydrogen-bond acceptors (Lipinski definition) is 4. The summed E-state index contributed by atoms with van der Waals surface area (Å²) in [5.41, 5.74) is 0.975. The SMILES string of the molecule is CCNC(=O)C(C)Nc1cc(CC)nc(C)n1. The molecular formula is C12H20N4O. The van der Waals surface area contributed by atoms with E-state index in [1.165, 1.54) is 0 Å². The van der Waals surface area contributed by atoms with Gasteiger partial charge in [0.15, 0.2) is 0 Å². The summed E-state index contributed by atoms with van der Waals surface area (Å²) in [6.07, 6.45) is 0.855. The van der Waals surface area contributed by atoms with Gasteiger partial charge in [-0.1, -0.05) is 6.92 Å². The van der Waals surface area contributed by atoms with Gasteiger partial charge in [-0.15, -0.1) is 0 Å². The second-order valence-corrected chi connectivity index (χ2v) is 3.91. The number of nitrogens with one attached hydrogen (secondary N) is 2. The molecule has 1 aromatic rings. The normalized spacial score (nSPS) is 12.0. The Hall–Kier alpha value is -1.65. The van der Waals surface area contributed by atoms with Gasteiger partial charge in [0.25, 0.3) is 0 Å². The van der Waals surface area contributed by atoms with Crippen LogP contribution < -0.4 is 10.6 Å². The van der Waals surface area contributed by atoms with E-state index in [-0.39, 0.29) is 11.9 Å². The summed E-state index contributed by atoms with van der Waals surface area (Å²) >= 11 is 0. The van der Waals surface area contributed by atoms with Crippen LogP contribution in [0.1, 0.15) is 32.3 Å². The molecule has 94 valence electrons. The molecule has 1 rings (SSSR count). The van der Waals surface area contributed by atoms with Crippen LogP contribution in [0.15, 0.2) is 6.07 Å². The van der Waals surface area contributed by atoms with Crippen molar-refractivity contribution in [3.05, 3.63) is 17.6 Å². The van der Waals surface area contributed by atoms with E-state index < -0.39 is 0 Å². The van der Waals surface area contributed by atoms with Crippen molar-refractivity contribution in [1.82, 2.24) is 15.3 Å². The van der Waals surface area contributed by atoms with Crippen molar-refractivity contribution in [3.63, 3.8) is 0 Å². The Kier molecular flexibility index (Phi) is 4.87. The number of likely N-dealkylation sites (N-methyl/N-ethyl adjacent to an activating group) is 1. The van der Waals surface area contributed by atoms with Gasteiger partial charge in [-0.05, 0) is 27.2 Å². The molecule has 0 bridgehead atoms. The van der Waals surface area contributed by atoms with E-state index in [1.54, 1.807) is 0 Å². The zero-order valence-electron chi connectivity index (χ0n) is 10.9. The first-order valence-corrected chi connectivity index (χ1v) is 5.95. The van der Waals surface area contributed by atoms with Crippen LogP contribution in [0, 0.1) is 6.92 Å². The lowest BCUT2D eigenvalue weighted by Gasteiger charge is -2.14. The summed E-state index contributed by atoms with van der Waals surface area (Å²) in [6, 6.07) is 1.58. The van der Waals surface area contributed by atoms with E-state index in [1.807, 2.05) is 33.8 Å². The van der Waals surface area contributed by atoms with Crippen LogP contribution in [0.2, 0.25) is 0 Å². The minimum absolute atomic E-state index is 0.0261. The summed E-state index contributed by atoms with van der Waals surface area (Å²) in [7, 11) is 0. The Labute approximate surface area is 102 Å². The Balaban J connectivity index is 2.73. The third-order valence-electron chi connectivity index (χ3n) is 2.36. The lowest BCUT2D eigenvalue weighted by atomic mass is 10.2. The highest BCUT2D eigenvalue weighted by molar-refractivity contribution is 5.83. The first-order valence-electron chi connectivity index (χ1n) is 5.95. The number of rotatable bonds is 5. The van der Waals surface area contributed by atoms with Crippen molar-refractivity contribution >= 4 is 11.7 Å². The van der Waals surface area contributed by atoms with Crippen LogP contribution in [0.25, 0.3) is 0 Å². The van der Waals surface area contributed by atoms with Crippen molar-refractivity contribution in [1.29, 1.82) is 0 Å². The Bertz CT molecular complexity index is 392. The van der Waals surface area contributed by atoms with E-state index in [0.29, 0.717) is 12.4 Å². The molecule has 0 aliphatic heterocycles. The van der Waals surface area contributed by atoms with Crippen LogP contribution >= 0.6 is 0 Å². The first kappa shape index (κ1) is 13.4. The topological polar surface area (TPSA) is 66.9 Å². The molecule has 0 saturated heterocycles. The first-order chi connectivity index (χ1) is 8.06. The molecule has 0 radical (unpaired) electrons. The number of anilines is 1. The van der Waals surface area contributed by atoms with Gasteiger partial charge >= 0.3 is 0 Å². The Morgan fingerprint density at radius 2 is 2.12 bits per heavy atom. The van der Waals surface area contributed by atoms with E-state index in [0.717, 1.165) is 17.9 Å². The Morgan fingerprint density at radius 3 is 2.71 bits per heavy atom. The van der Waals surface area contributed by atoms with E-state index >= 15 is 0 Å². The zero-order valence-corrected chi connectivity index (χ0v) is 10.9. The second kappa shape index (κ2) is 6.18. The molecule has 1 aromatic heterocycles. The average Bonchev–Trinajstić information content (AvgIpc) is 2.28. The van der Waals surface area contributed by atoms with Crippen LogP contribution in [-0.2, 0) is 11.2 Å². The number of aryl methyl sites for hydroxylation is 2. The van der Waals surface area contributed by atoms with Crippen molar-refractivity contribution in [2.75, 3.05) is 11.9 Å². The molecule has 0 saturated carbocycles. The summed E-state index contributed by atoms with van der Waals surface area (Å²) in [5, 5.41) is 5.84. The summed E-state index contributed by atoms with van der Waals surface area (Å²) < 4.78 is 0. The number of amides is 1. The number of carbonyl (C=O) groups is 1. The minimum Gasteiger partial charge on any atom is -0.359 e. The molecule has 1 amide bonds. The maximum Gasteiger partial charge on any atom is 0.242 e. The van der Waals surface area contributed by atoms with Crippen LogP contribution in [0.5, 0.6) is 0 Å². The molecule has 0 aromatic carbocycles. The third-order valence-corrected chi connectivity index (χ3v) is 2.36. The standard InChI is InChI=1S/C12H20N4O/c1-5-10-7-11(16-9(4)15-10)14-8(3)12(17)13-6-2/h7-8H,5-6H2,1-4H3,(H,13,17)(H,14,15,16). The quantitative estimate of drug-likeness (QED) is 0.808. The maximum absolute atomic E-state index is 11.6. The number of carbonyl (C=O) groups excluding carboxylic acids is 1. The fraction of sp³-hybridized carbons (Fsp3) is 0.583. The molecule has 0 fully saturated rings. The molecule has 0 aliphatic rings. The number of nitrogens with zero attached hydrogens (tertiary/aromatic N) is 2. The predicted molar refractivity (Wildman–Crippen MR) is 67.9 cm³/mol. The molecule has 5 nitrogen and oxygen atoms in total. The monoisotopic (exact) mass is 236 g/mol.